The average Bonchev–Trinajstić information content (AvgIpc) is 3.43. The first-order valence-electron chi connectivity index (χ1n) is 13.2. The van der Waals surface area contributed by atoms with E-state index < -0.39 is 23.6 Å². The molecule has 2 aliphatic rings. The number of hydrogen-bond donors (Lipinski definition) is 4. The summed E-state index contributed by atoms with van der Waals surface area (Å²) in [6.07, 6.45) is 4.84. The van der Waals surface area contributed by atoms with Gasteiger partial charge in [0, 0.05) is 23.5 Å². The first kappa shape index (κ1) is 24.9. The van der Waals surface area contributed by atoms with Crippen molar-refractivity contribution < 1.29 is 19.8 Å². The summed E-state index contributed by atoms with van der Waals surface area (Å²) in [4.78, 5) is 31.8. The molecule has 2 aliphatic carbocycles. The van der Waals surface area contributed by atoms with Crippen LogP contribution in [0.2, 0.25) is 0 Å². The highest BCUT2D eigenvalue weighted by Crippen LogP contribution is 2.43. The van der Waals surface area contributed by atoms with Gasteiger partial charge in [0.1, 0.15) is 5.54 Å². The standard InChI is InChI=1S/C32H31N3O4/c1-32(17-24-18-33-28-10-6-5-9-26(24)28,30(37)34-25(19-36)14-20-7-3-2-4-8-20)35(31(38)39)29-16-22-11-21-12-23(13-22)27(29)15-21/h2-10,12-13,16,18,25,33,36H,11,14-15,17,19H2,1H3,(H,34,37)(H,38,39). The number of carbonyl (C=O) groups excluding carboxylic acids is 1. The predicted molar refractivity (Wildman–Crippen MR) is 152 cm³/mol. The van der Waals surface area contributed by atoms with Gasteiger partial charge in [0.15, 0.2) is 0 Å². The maximum Gasteiger partial charge on any atom is 0.412 e. The van der Waals surface area contributed by atoms with E-state index in [9.17, 15) is 19.8 Å². The van der Waals surface area contributed by atoms with Crippen LogP contribution in [-0.2, 0) is 30.5 Å². The van der Waals surface area contributed by atoms with Gasteiger partial charge in [-0.25, -0.2) is 4.79 Å². The monoisotopic (exact) mass is 521 g/mol. The lowest BCUT2D eigenvalue weighted by Crippen LogP contribution is -2.62. The fourth-order valence-corrected chi connectivity index (χ4v) is 6.13. The van der Waals surface area contributed by atoms with Gasteiger partial charge >= 0.3 is 6.09 Å². The average molecular weight is 522 g/mol. The Labute approximate surface area is 226 Å². The van der Waals surface area contributed by atoms with Crippen molar-refractivity contribution in [3.63, 3.8) is 0 Å². The fourth-order valence-electron chi connectivity index (χ4n) is 6.13. The van der Waals surface area contributed by atoms with Crippen LogP contribution in [0.25, 0.3) is 17.0 Å². The van der Waals surface area contributed by atoms with Gasteiger partial charge in [-0.1, -0.05) is 66.2 Å². The number of anilines is 1. The number of aliphatic hydroxyl groups excluding tert-OH is 1. The molecule has 0 spiro atoms. The van der Waals surface area contributed by atoms with Crippen molar-refractivity contribution in [1.29, 1.82) is 0 Å². The molecular weight excluding hydrogens is 490 g/mol. The highest BCUT2D eigenvalue weighted by atomic mass is 16.4. The minimum absolute atomic E-state index is 0.151. The van der Waals surface area contributed by atoms with Crippen molar-refractivity contribution in [2.24, 2.45) is 0 Å². The zero-order chi connectivity index (χ0) is 27.1. The van der Waals surface area contributed by atoms with Crippen LogP contribution >= 0.6 is 0 Å². The number of aliphatic hydroxyl groups is 1. The molecule has 0 saturated heterocycles. The number of aromatic amines is 1. The molecule has 3 bridgehead atoms. The summed E-state index contributed by atoms with van der Waals surface area (Å²) >= 11 is 0. The molecule has 198 valence electrons. The normalized spacial score (nSPS) is 15.6. The summed E-state index contributed by atoms with van der Waals surface area (Å²) in [5.41, 5.74) is 6.08. The van der Waals surface area contributed by atoms with E-state index in [4.69, 9.17) is 0 Å². The van der Waals surface area contributed by atoms with E-state index in [0.29, 0.717) is 18.5 Å². The second kappa shape index (κ2) is 9.75. The maximum absolute atomic E-state index is 14.3. The number of hydrogen-bond acceptors (Lipinski definition) is 3. The molecule has 1 heterocycles. The molecule has 4 aromatic rings. The Balaban J connectivity index is 1.42. The SMILES string of the molecule is CC(Cc1c[nH]c2ccccc12)(C(=O)NC(CO)Cc1ccccc1)N(C(=O)O)c1cc2cc3c1CC(=C3)C2. The molecule has 39 heavy (non-hydrogen) atoms. The molecule has 7 nitrogen and oxygen atoms in total. The quantitative estimate of drug-likeness (QED) is 0.252. The number of nitrogens with zero attached hydrogens (tertiary/aromatic N) is 1. The molecule has 2 unspecified atom stereocenters. The van der Waals surface area contributed by atoms with Crippen LogP contribution in [-0.4, -0.2) is 45.4 Å². The van der Waals surface area contributed by atoms with Crippen molar-refractivity contribution >= 4 is 34.7 Å². The van der Waals surface area contributed by atoms with E-state index >= 15 is 0 Å². The summed E-state index contributed by atoms with van der Waals surface area (Å²) < 4.78 is 0. The molecule has 2 amide bonds. The van der Waals surface area contributed by atoms with Gasteiger partial charge in [0.05, 0.1) is 18.3 Å². The van der Waals surface area contributed by atoms with E-state index in [2.05, 4.69) is 22.4 Å². The fraction of sp³-hybridized carbons (Fsp3) is 0.250. The highest BCUT2D eigenvalue weighted by Gasteiger charge is 2.46. The number of para-hydroxylation sites is 1. The minimum atomic E-state index is -1.50. The Kier molecular flexibility index (Phi) is 6.23. The van der Waals surface area contributed by atoms with Crippen molar-refractivity contribution in [2.75, 3.05) is 11.5 Å². The van der Waals surface area contributed by atoms with E-state index in [1.807, 2.05) is 66.9 Å². The molecule has 2 atom stereocenters. The number of benzene rings is 3. The van der Waals surface area contributed by atoms with Crippen LogP contribution in [0.3, 0.4) is 0 Å². The van der Waals surface area contributed by atoms with Crippen LogP contribution in [0, 0.1) is 0 Å². The molecule has 0 radical (unpaired) electrons. The molecule has 4 N–H and O–H groups in total. The molecule has 3 aromatic carbocycles. The topological polar surface area (TPSA) is 106 Å². The largest absolute Gasteiger partial charge is 0.465 e. The third-order valence-corrected chi connectivity index (χ3v) is 8.02. The zero-order valence-electron chi connectivity index (χ0n) is 21.8. The van der Waals surface area contributed by atoms with Crippen molar-refractivity contribution in [3.05, 3.63) is 106 Å². The number of carboxylic acid groups (broad SMARTS) is 1. The number of carbonyl (C=O) groups is 2. The van der Waals surface area contributed by atoms with Gasteiger partial charge in [0.25, 0.3) is 0 Å². The molecule has 7 heteroatoms. The van der Waals surface area contributed by atoms with Crippen LogP contribution in [0.15, 0.2) is 78.5 Å². The molecule has 0 aliphatic heterocycles. The summed E-state index contributed by atoms with van der Waals surface area (Å²) in [7, 11) is 0. The van der Waals surface area contributed by atoms with Gasteiger partial charge in [0.2, 0.25) is 5.91 Å². The highest BCUT2D eigenvalue weighted by molar-refractivity contribution is 6.02. The van der Waals surface area contributed by atoms with E-state index in [1.54, 1.807) is 6.92 Å². The van der Waals surface area contributed by atoms with Crippen LogP contribution < -0.4 is 10.2 Å². The van der Waals surface area contributed by atoms with Crippen molar-refractivity contribution in [3.8, 4) is 0 Å². The summed E-state index contributed by atoms with van der Waals surface area (Å²) in [6, 6.07) is 20.9. The first-order chi connectivity index (χ1) is 18.9. The smallest absolute Gasteiger partial charge is 0.412 e. The van der Waals surface area contributed by atoms with E-state index in [1.165, 1.54) is 10.5 Å². The maximum atomic E-state index is 14.3. The van der Waals surface area contributed by atoms with Gasteiger partial charge in [-0.3, -0.25) is 9.69 Å². The number of rotatable bonds is 9. The first-order valence-corrected chi connectivity index (χ1v) is 13.2. The van der Waals surface area contributed by atoms with Crippen molar-refractivity contribution in [1.82, 2.24) is 10.3 Å². The summed E-state index contributed by atoms with van der Waals surface area (Å²) in [6.45, 7) is 1.42. The number of aromatic nitrogens is 1. The van der Waals surface area contributed by atoms with E-state index in [0.717, 1.165) is 45.1 Å². The Morgan fingerprint density at radius 2 is 1.85 bits per heavy atom. The lowest BCUT2D eigenvalue weighted by atomic mass is 9.87. The van der Waals surface area contributed by atoms with Gasteiger partial charge in [-0.15, -0.1) is 0 Å². The Hall–Kier alpha value is -4.36. The lowest BCUT2D eigenvalue weighted by Gasteiger charge is -2.40. The van der Waals surface area contributed by atoms with Crippen LogP contribution in [0.1, 0.15) is 34.7 Å². The summed E-state index contributed by atoms with van der Waals surface area (Å²) in [5.74, 6) is -0.449. The molecule has 1 aromatic heterocycles. The molecular formula is C32H31N3O4. The van der Waals surface area contributed by atoms with Crippen LogP contribution in [0.5, 0.6) is 0 Å². The second-order valence-corrected chi connectivity index (χ2v) is 10.8. The van der Waals surface area contributed by atoms with E-state index in [-0.39, 0.29) is 13.0 Å². The number of fused-ring (bicyclic) bond motifs is 2. The van der Waals surface area contributed by atoms with Gasteiger partial charge in [-0.05, 0) is 66.1 Å². The molecule has 0 fully saturated rings. The third-order valence-electron chi connectivity index (χ3n) is 8.02. The van der Waals surface area contributed by atoms with Crippen LogP contribution in [0.4, 0.5) is 10.5 Å². The Morgan fingerprint density at radius 3 is 2.62 bits per heavy atom. The Morgan fingerprint density at radius 1 is 1.08 bits per heavy atom. The lowest BCUT2D eigenvalue weighted by molar-refractivity contribution is -0.126. The Bertz CT molecular complexity index is 1610. The second-order valence-electron chi connectivity index (χ2n) is 10.8. The van der Waals surface area contributed by atoms with Gasteiger partial charge < -0.3 is 20.5 Å². The summed E-state index contributed by atoms with van der Waals surface area (Å²) in [5, 5.41) is 24.8. The molecule has 6 rings (SSSR count). The third kappa shape index (κ3) is 4.49. The minimum Gasteiger partial charge on any atom is -0.465 e. The number of amides is 2. The van der Waals surface area contributed by atoms with Gasteiger partial charge in [-0.2, -0.15) is 0 Å². The zero-order valence-corrected chi connectivity index (χ0v) is 21.8. The number of H-pyrrole nitrogens is 1. The number of allylic oxidation sites excluding steroid dienone is 1. The number of nitrogens with one attached hydrogen (secondary N) is 2. The predicted octanol–water partition coefficient (Wildman–Crippen LogP) is 4.87. The molecule has 0 saturated carbocycles. The van der Waals surface area contributed by atoms with Crippen molar-refractivity contribution in [2.45, 2.75) is 44.2 Å².